The Balaban J connectivity index is 2.46. The van der Waals surface area contributed by atoms with E-state index in [9.17, 15) is 4.79 Å². The molecule has 0 aromatic rings. The van der Waals surface area contributed by atoms with Gasteiger partial charge in [0.15, 0.2) is 0 Å². The van der Waals surface area contributed by atoms with Gasteiger partial charge in [0.05, 0.1) is 12.8 Å². The molecule has 58 valence electrons. The van der Waals surface area contributed by atoms with Crippen molar-refractivity contribution in [2.24, 2.45) is 0 Å². The molecule has 1 heterocycles. The van der Waals surface area contributed by atoms with Gasteiger partial charge in [0, 0.05) is 0 Å². The molecule has 1 saturated heterocycles. The minimum Gasteiger partial charge on any atom is -0.469 e. The number of rotatable bonds is 1. The van der Waals surface area contributed by atoms with Crippen LogP contribution in [0.5, 0.6) is 0 Å². The lowest BCUT2D eigenvalue weighted by Crippen LogP contribution is -2.16. The van der Waals surface area contributed by atoms with Crippen molar-refractivity contribution < 1.29 is 9.53 Å². The van der Waals surface area contributed by atoms with Crippen LogP contribution in [0.1, 0.15) is 12.8 Å². The molecular formula is C7H13O2P. The average molecular weight is 160 g/mol. The largest absolute Gasteiger partial charge is 0.469 e. The molecule has 0 spiro atoms. The first-order chi connectivity index (χ1) is 4.75. The van der Waals surface area contributed by atoms with Crippen molar-refractivity contribution in [2.75, 3.05) is 19.9 Å². The Kier molecular flexibility index (Phi) is 2.67. The topological polar surface area (TPSA) is 26.3 Å². The highest BCUT2D eigenvalue weighted by atomic mass is 31.1. The van der Waals surface area contributed by atoms with Crippen LogP contribution in [0.15, 0.2) is 0 Å². The average Bonchev–Trinajstić information content (AvgIpc) is 2.34. The van der Waals surface area contributed by atoms with E-state index in [0.717, 1.165) is 6.42 Å². The van der Waals surface area contributed by atoms with Crippen molar-refractivity contribution in [3.05, 3.63) is 0 Å². The second kappa shape index (κ2) is 3.34. The highest BCUT2D eigenvalue weighted by Crippen LogP contribution is 2.46. The standard InChI is InChI=1S/C7H13O2P/c1-9-7(8)6-4-3-5-10(6)2/h6H,3-5H2,1-2H3/t6-,10+/m1/s1. The predicted molar refractivity (Wildman–Crippen MR) is 42.7 cm³/mol. The summed E-state index contributed by atoms with van der Waals surface area (Å²) < 4.78 is 4.68. The van der Waals surface area contributed by atoms with Gasteiger partial charge in [-0.2, -0.15) is 0 Å². The molecule has 2 atom stereocenters. The van der Waals surface area contributed by atoms with Crippen LogP contribution in [0, 0.1) is 0 Å². The van der Waals surface area contributed by atoms with Crippen LogP contribution in [-0.2, 0) is 9.53 Å². The third-order valence-corrected chi connectivity index (χ3v) is 4.55. The van der Waals surface area contributed by atoms with Gasteiger partial charge in [-0.1, -0.05) is 7.92 Å². The van der Waals surface area contributed by atoms with E-state index in [-0.39, 0.29) is 19.5 Å². The lowest BCUT2D eigenvalue weighted by atomic mass is 10.2. The van der Waals surface area contributed by atoms with Crippen LogP contribution in [0.4, 0.5) is 0 Å². The Labute approximate surface area is 62.7 Å². The fourth-order valence-electron chi connectivity index (χ4n) is 1.34. The summed E-state index contributed by atoms with van der Waals surface area (Å²) in [4.78, 5) is 11.0. The van der Waals surface area contributed by atoms with E-state index in [1.807, 2.05) is 0 Å². The molecule has 1 aliphatic rings. The maximum atomic E-state index is 11.0. The number of esters is 1. The quantitative estimate of drug-likeness (QED) is 0.428. The molecule has 10 heavy (non-hydrogen) atoms. The molecule has 0 radical (unpaired) electrons. The van der Waals surface area contributed by atoms with Crippen LogP contribution < -0.4 is 0 Å². The molecule has 0 saturated carbocycles. The summed E-state index contributed by atoms with van der Waals surface area (Å²) in [5.74, 6) is 0.00566. The number of carbonyl (C=O) groups is 1. The molecule has 0 bridgehead atoms. The summed E-state index contributed by atoms with van der Waals surface area (Å²) in [5.41, 5.74) is 0.250. The summed E-state index contributed by atoms with van der Waals surface area (Å²) in [6.45, 7) is 2.18. The Morgan fingerprint density at radius 1 is 1.70 bits per heavy atom. The van der Waals surface area contributed by atoms with Gasteiger partial charge in [-0.05, 0) is 25.7 Å². The van der Waals surface area contributed by atoms with Crippen molar-refractivity contribution in [3.63, 3.8) is 0 Å². The zero-order valence-corrected chi connectivity index (χ0v) is 7.36. The third-order valence-electron chi connectivity index (χ3n) is 1.99. The van der Waals surface area contributed by atoms with Crippen molar-refractivity contribution in [3.8, 4) is 0 Å². The number of ether oxygens (including phenoxy) is 1. The first kappa shape index (κ1) is 8.00. The number of hydrogen-bond acceptors (Lipinski definition) is 2. The van der Waals surface area contributed by atoms with Crippen molar-refractivity contribution in [1.29, 1.82) is 0 Å². The maximum absolute atomic E-state index is 11.0. The summed E-state index contributed by atoms with van der Waals surface area (Å²) in [5, 5.41) is 0. The SMILES string of the molecule is COC(=O)[C@H]1CCC[P@]1C. The highest BCUT2D eigenvalue weighted by Gasteiger charge is 2.29. The molecule has 0 aliphatic carbocycles. The van der Waals surface area contributed by atoms with E-state index < -0.39 is 0 Å². The zero-order chi connectivity index (χ0) is 7.56. The Morgan fingerprint density at radius 3 is 2.80 bits per heavy atom. The van der Waals surface area contributed by atoms with E-state index in [2.05, 4.69) is 11.4 Å². The summed E-state index contributed by atoms with van der Waals surface area (Å²) in [6.07, 6.45) is 3.51. The van der Waals surface area contributed by atoms with E-state index in [1.165, 1.54) is 19.7 Å². The smallest absolute Gasteiger partial charge is 0.313 e. The normalized spacial score (nSPS) is 32.2. The van der Waals surface area contributed by atoms with Gasteiger partial charge in [-0.15, -0.1) is 0 Å². The molecule has 1 aliphatic heterocycles. The van der Waals surface area contributed by atoms with Crippen LogP contribution >= 0.6 is 7.92 Å². The summed E-state index contributed by atoms with van der Waals surface area (Å²) >= 11 is 0. The molecule has 0 unspecified atom stereocenters. The van der Waals surface area contributed by atoms with E-state index in [4.69, 9.17) is 0 Å². The molecule has 0 amide bonds. The van der Waals surface area contributed by atoms with Crippen LogP contribution in [0.2, 0.25) is 0 Å². The van der Waals surface area contributed by atoms with Gasteiger partial charge in [-0.3, -0.25) is 4.79 Å². The molecule has 1 fully saturated rings. The van der Waals surface area contributed by atoms with Crippen molar-refractivity contribution >= 4 is 13.9 Å². The Hall–Kier alpha value is -0.100. The van der Waals surface area contributed by atoms with Gasteiger partial charge in [0.25, 0.3) is 0 Å². The zero-order valence-electron chi connectivity index (χ0n) is 6.46. The Morgan fingerprint density at radius 2 is 2.40 bits per heavy atom. The minimum atomic E-state index is -0.0482. The molecule has 0 N–H and O–H groups in total. The lowest BCUT2D eigenvalue weighted by molar-refractivity contribution is -0.140. The maximum Gasteiger partial charge on any atom is 0.313 e. The van der Waals surface area contributed by atoms with E-state index in [0.29, 0.717) is 0 Å². The van der Waals surface area contributed by atoms with Crippen molar-refractivity contribution in [2.45, 2.75) is 18.5 Å². The minimum absolute atomic E-state index is 0.00566. The van der Waals surface area contributed by atoms with Gasteiger partial charge in [-0.25, -0.2) is 0 Å². The molecule has 3 heteroatoms. The summed E-state index contributed by atoms with van der Waals surface area (Å²) in [7, 11) is 1.43. The van der Waals surface area contributed by atoms with Gasteiger partial charge >= 0.3 is 5.97 Å². The lowest BCUT2D eigenvalue weighted by Gasteiger charge is -2.11. The van der Waals surface area contributed by atoms with Gasteiger partial charge in [0.2, 0.25) is 0 Å². The van der Waals surface area contributed by atoms with Crippen LogP contribution in [0.3, 0.4) is 0 Å². The molecule has 2 nitrogen and oxygen atoms in total. The first-order valence-electron chi connectivity index (χ1n) is 3.54. The van der Waals surface area contributed by atoms with E-state index >= 15 is 0 Å². The number of methoxy groups -OCH3 is 1. The van der Waals surface area contributed by atoms with Gasteiger partial charge in [0.1, 0.15) is 0 Å². The molecular weight excluding hydrogens is 147 g/mol. The second-order valence-corrected chi connectivity index (χ2v) is 5.25. The molecule has 0 aromatic carbocycles. The van der Waals surface area contributed by atoms with Crippen LogP contribution in [0.25, 0.3) is 0 Å². The van der Waals surface area contributed by atoms with E-state index in [1.54, 1.807) is 0 Å². The third kappa shape index (κ3) is 1.49. The monoisotopic (exact) mass is 160 g/mol. The predicted octanol–water partition coefficient (Wildman–Crippen LogP) is 1.43. The van der Waals surface area contributed by atoms with Crippen LogP contribution in [-0.4, -0.2) is 31.6 Å². The second-order valence-electron chi connectivity index (χ2n) is 2.66. The highest BCUT2D eigenvalue weighted by molar-refractivity contribution is 7.58. The Bertz CT molecular complexity index is 136. The van der Waals surface area contributed by atoms with Gasteiger partial charge < -0.3 is 4.74 Å². The fourth-order valence-corrected chi connectivity index (χ4v) is 3.43. The molecule has 1 rings (SSSR count). The fraction of sp³-hybridized carbons (Fsp3) is 0.857. The number of hydrogen-bond donors (Lipinski definition) is 0. The number of carbonyl (C=O) groups excluding carboxylic acids is 1. The first-order valence-corrected chi connectivity index (χ1v) is 5.58. The van der Waals surface area contributed by atoms with Crippen molar-refractivity contribution in [1.82, 2.24) is 0 Å². The molecule has 0 aromatic heterocycles. The summed E-state index contributed by atoms with van der Waals surface area (Å²) in [6, 6.07) is 0.